The summed E-state index contributed by atoms with van der Waals surface area (Å²) in [5.74, 6) is 0. The number of aliphatic hydroxyl groups is 4. The summed E-state index contributed by atoms with van der Waals surface area (Å²) in [6, 6.07) is 0. The molecule has 6 atom stereocenters. The summed E-state index contributed by atoms with van der Waals surface area (Å²) in [5.41, 5.74) is -0.227. The zero-order valence-electron chi connectivity index (χ0n) is 15.2. The van der Waals surface area contributed by atoms with Gasteiger partial charge in [-0.2, -0.15) is 0 Å². The molecule has 2 fully saturated rings. The maximum Gasteiger partial charge on any atom is 0.130 e. The molecule has 6 unspecified atom stereocenters. The average molecular weight is 354 g/mol. The van der Waals surface area contributed by atoms with Crippen LogP contribution in [0.4, 0.5) is 0 Å². The molecule has 142 valence electrons. The Labute approximate surface area is 148 Å². The van der Waals surface area contributed by atoms with E-state index in [0.29, 0.717) is 36.8 Å². The predicted octanol–water partition coefficient (Wildman–Crippen LogP) is 0.823. The van der Waals surface area contributed by atoms with E-state index in [1.165, 1.54) is 0 Å². The summed E-state index contributed by atoms with van der Waals surface area (Å²) in [4.78, 5) is 0. The van der Waals surface area contributed by atoms with Gasteiger partial charge in [0.05, 0.1) is 24.4 Å². The van der Waals surface area contributed by atoms with Gasteiger partial charge in [0.1, 0.15) is 23.9 Å². The molecule has 0 radical (unpaired) electrons. The van der Waals surface area contributed by atoms with Crippen LogP contribution in [-0.2, 0) is 9.47 Å². The molecule has 6 heteroatoms. The molecule has 4 N–H and O–H groups in total. The number of hydrogen-bond acceptors (Lipinski definition) is 6. The van der Waals surface area contributed by atoms with Crippen molar-refractivity contribution in [1.29, 1.82) is 0 Å². The molecule has 0 aromatic carbocycles. The van der Waals surface area contributed by atoms with E-state index in [-0.39, 0.29) is 12.7 Å². The number of allylic oxidation sites excluding steroid dienone is 1. The van der Waals surface area contributed by atoms with Crippen LogP contribution in [0, 0.1) is 0 Å². The van der Waals surface area contributed by atoms with Crippen molar-refractivity contribution in [1.82, 2.24) is 0 Å². The van der Waals surface area contributed by atoms with Gasteiger partial charge in [0.15, 0.2) is 0 Å². The second kappa shape index (κ2) is 6.76. The quantitative estimate of drug-likeness (QED) is 0.527. The van der Waals surface area contributed by atoms with Crippen LogP contribution in [0.2, 0.25) is 0 Å². The van der Waals surface area contributed by atoms with Crippen LogP contribution in [0.5, 0.6) is 0 Å². The van der Waals surface area contributed by atoms with Crippen molar-refractivity contribution in [3.8, 4) is 0 Å². The van der Waals surface area contributed by atoms with E-state index in [1.54, 1.807) is 0 Å². The summed E-state index contributed by atoms with van der Waals surface area (Å²) in [6.45, 7) is 5.35. The van der Waals surface area contributed by atoms with Crippen LogP contribution in [0.3, 0.4) is 0 Å². The molecule has 2 heterocycles. The lowest BCUT2D eigenvalue weighted by molar-refractivity contribution is -0.190. The van der Waals surface area contributed by atoms with Gasteiger partial charge in [-0.05, 0) is 44.3 Å². The summed E-state index contributed by atoms with van der Waals surface area (Å²) < 4.78 is 11.9. The van der Waals surface area contributed by atoms with Gasteiger partial charge in [0, 0.05) is 6.42 Å². The SMILES string of the molecule is CCC(O)CCC=CC1=C(CO)C2OC(C)(C)C(O)CC23OC3C1O. The minimum absolute atomic E-state index is 0.233. The molecule has 0 aromatic heterocycles. The summed E-state index contributed by atoms with van der Waals surface area (Å²) >= 11 is 0. The van der Waals surface area contributed by atoms with Gasteiger partial charge in [-0.15, -0.1) is 0 Å². The van der Waals surface area contributed by atoms with E-state index in [0.717, 1.165) is 0 Å². The first-order valence-corrected chi connectivity index (χ1v) is 9.17. The van der Waals surface area contributed by atoms with Gasteiger partial charge in [-0.3, -0.25) is 0 Å². The maximum absolute atomic E-state index is 10.7. The predicted molar refractivity (Wildman–Crippen MR) is 92.0 cm³/mol. The first-order chi connectivity index (χ1) is 11.8. The number of aliphatic hydroxyl groups excluding tert-OH is 4. The van der Waals surface area contributed by atoms with Gasteiger partial charge in [-0.25, -0.2) is 0 Å². The highest BCUT2D eigenvalue weighted by Gasteiger charge is 2.72. The highest BCUT2D eigenvalue weighted by atomic mass is 16.7. The first kappa shape index (κ1) is 19.0. The van der Waals surface area contributed by atoms with Crippen LogP contribution < -0.4 is 0 Å². The van der Waals surface area contributed by atoms with E-state index >= 15 is 0 Å². The van der Waals surface area contributed by atoms with Crippen molar-refractivity contribution < 1.29 is 29.9 Å². The largest absolute Gasteiger partial charge is 0.393 e. The Morgan fingerprint density at radius 1 is 1.28 bits per heavy atom. The molecule has 6 nitrogen and oxygen atoms in total. The molecular weight excluding hydrogens is 324 g/mol. The van der Waals surface area contributed by atoms with Gasteiger partial charge >= 0.3 is 0 Å². The third kappa shape index (κ3) is 3.20. The molecule has 3 rings (SSSR count). The van der Waals surface area contributed by atoms with Crippen LogP contribution in [0.1, 0.15) is 46.5 Å². The average Bonchev–Trinajstić information content (AvgIpc) is 3.29. The van der Waals surface area contributed by atoms with Gasteiger partial charge in [0.25, 0.3) is 0 Å². The third-order valence-corrected chi connectivity index (χ3v) is 5.85. The van der Waals surface area contributed by atoms with Crippen LogP contribution >= 0.6 is 0 Å². The van der Waals surface area contributed by atoms with Crippen molar-refractivity contribution in [2.75, 3.05) is 6.61 Å². The number of rotatable bonds is 6. The standard InChI is InChI=1S/C19H30O6/c1-4-11(21)7-5-6-8-12-13(10-20)16-19(17(25-19)15(12)23)9-14(22)18(2,3)24-16/h6,8,11,14-17,20-23H,4-5,7,9-10H2,1-3H3. The Morgan fingerprint density at radius 2 is 2.00 bits per heavy atom. The lowest BCUT2D eigenvalue weighted by atomic mass is 9.73. The van der Waals surface area contributed by atoms with Gasteiger partial charge in [-0.1, -0.05) is 19.1 Å². The number of epoxide rings is 1. The Balaban J connectivity index is 1.83. The molecule has 0 bridgehead atoms. The lowest BCUT2D eigenvalue weighted by Crippen LogP contribution is -2.59. The molecule has 2 saturated heterocycles. The Morgan fingerprint density at radius 3 is 2.64 bits per heavy atom. The number of hydrogen-bond donors (Lipinski definition) is 4. The van der Waals surface area contributed by atoms with Gasteiger partial charge < -0.3 is 29.9 Å². The normalized spacial score (nSPS) is 40.8. The molecule has 1 spiro atoms. The van der Waals surface area contributed by atoms with Gasteiger partial charge in [0.2, 0.25) is 0 Å². The highest BCUT2D eigenvalue weighted by Crippen LogP contribution is 2.57. The van der Waals surface area contributed by atoms with E-state index in [2.05, 4.69) is 0 Å². The van der Waals surface area contributed by atoms with E-state index < -0.39 is 35.6 Å². The zero-order valence-corrected chi connectivity index (χ0v) is 15.2. The molecule has 1 aliphatic carbocycles. The second-order valence-electron chi connectivity index (χ2n) is 7.94. The van der Waals surface area contributed by atoms with Crippen molar-refractivity contribution >= 4 is 0 Å². The van der Waals surface area contributed by atoms with Crippen LogP contribution in [0.25, 0.3) is 0 Å². The Hall–Kier alpha value is -0.760. The van der Waals surface area contributed by atoms with Crippen molar-refractivity contribution in [2.24, 2.45) is 0 Å². The van der Waals surface area contributed by atoms with Crippen LogP contribution in [0.15, 0.2) is 23.3 Å². The fraction of sp³-hybridized carbons (Fsp3) is 0.789. The number of ether oxygens (including phenoxy) is 2. The monoisotopic (exact) mass is 354 g/mol. The van der Waals surface area contributed by atoms with E-state index in [1.807, 2.05) is 32.9 Å². The zero-order chi connectivity index (χ0) is 18.4. The van der Waals surface area contributed by atoms with E-state index in [4.69, 9.17) is 9.47 Å². The molecule has 3 aliphatic rings. The Bertz CT molecular complexity index is 568. The molecule has 0 saturated carbocycles. The lowest BCUT2D eigenvalue weighted by Gasteiger charge is -2.46. The molecule has 0 aromatic rings. The fourth-order valence-electron chi connectivity index (χ4n) is 4.00. The van der Waals surface area contributed by atoms with Crippen molar-refractivity contribution in [2.45, 2.75) is 88.2 Å². The topological polar surface area (TPSA) is 103 Å². The summed E-state index contributed by atoms with van der Waals surface area (Å²) in [7, 11) is 0. The van der Waals surface area contributed by atoms with Crippen molar-refractivity contribution in [3.05, 3.63) is 23.3 Å². The molecule has 2 aliphatic heterocycles. The third-order valence-electron chi connectivity index (χ3n) is 5.85. The second-order valence-corrected chi connectivity index (χ2v) is 7.94. The first-order valence-electron chi connectivity index (χ1n) is 9.17. The molecule has 0 amide bonds. The summed E-state index contributed by atoms with van der Waals surface area (Å²) in [6.07, 6.45) is 3.43. The molecular formula is C19H30O6. The molecule has 25 heavy (non-hydrogen) atoms. The minimum Gasteiger partial charge on any atom is -0.393 e. The van der Waals surface area contributed by atoms with Crippen molar-refractivity contribution in [3.63, 3.8) is 0 Å². The summed E-state index contributed by atoms with van der Waals surface area (Å²) in [5, 5.41) is 40.5. The smallest absolute Gasteiger partial charge is 0.130 e. The van der Waals surface area contributed by atoms with E-state index in [9.17, 15) is 20.4 Å². The Kier molecular flexibility index (Phi) is 5.14. The minimum atomic E-state index is -0.845. The fourth-order valence-corrected chi connectivity index (χ4v) is 4.00. The maximum atomic E-state index is 10.7. The highest BCUT2D eigenvalue weighted by molar-refractivity contribution is 5.44. The van der Waals surface area contributed by atoms with Crippen LogP contribution in [-0.4, -0.2) is 68.8 Å².